The van der Waals surface area contributed by atoms with Crippen LogP contribution in [0.1, 0.15) is 19.4 Å². The summed E-state index contributed by atoms with van der Waals surface area (Å²) in [5.41, 5.74) is 0.682. The Bertz CT molecular complexity index is 519. The smallest absolute Gasteiger partial charge is 0.260 e. The third-order valence-electron chi connectivity index (χ3n) is 3.03. The Labute approximate surface area is 118 Å². The lowest BCUT2D eigenvalue weighted by Gasteiger charge is -2.33. The summed E-state index contributed by atoms with van der Waals surface area (Å²) in [6, 6.07) is 0. The Balaban J connectivity index is 2.28. The van der Waals surface area contributed by atoms with Gasteiger partial charge >= 0.3 is 0 Å². The van der Waals surface area contributed by atoms with Crippen molar-refractivity contribution in [3.63, 3.8) is 0 Å². The van der Waals surface area contributed by atoms with E-state index in [9.17, 15) is 8.42 Å². The van der Waals surface area contributed by atoms with Crippen LogP contribution in [0.25, 0.3) is 0 Å². The van der Waals surface area contributed by atoms with E-state index in [2.05, 4.69) is 29.4 Å². The summed E-state index contributed by atoms with van der Waals surface area (Å²) in [4.78, 5) is 0. The molecular weight excluding hydrogens is 284 g/mol. The molecule has 1 fully saturated rings. The maximum atomic E-state index is 12.7. The second-order valence-electron chi connectivity index (χ2n) is 4.83. The van der Waals surface area contributed by atoms with Gasteiger partial charge < -0.3 is 5.32 Å². The Morgan fingerprint density at radius 1 is 1.47 bits per heavy atom. The first kappa shape index (κ1) is 14.8. The summed E-state index contributed by atoms with van der Waals surface area (Å²) in [6.07, 6.45) is 1.56. The van der Waals surface area contributed by atoms with Crippen molar-refractivity contribution in [3.8, 4) is 0 Å². The lowest BCUT2D eigenvalue weighted by Crippen LogP contribution is -2.44. The number of hydrogen-bond acceptors (Lipinski definition) is 5. The van der Waals surface area contributed by atoms with E-state index in [0.29, 0.717) is 35.7 Å². The maximum absolute atomic E-state index is 12.7. The Kier molecular flexibility index (Phi) is 4.54. The van der Waals surface area contributed by atoms with Gasteiger partial charge in [-0.05, 0) is 7.05 Å². The van der Waals surface area contributed by atoms with E-state index in [-0.39, 0.29) is 5.03 Å². The molecule has 2 atom stereocenters. The van der Waals surface area contributed by atoms with E-state index in [1.165, 1.54) is 0 Å². The van der Waals surface area contributed by atoms with Gasteiger partial charge in [0, 0.05) is 35.7 Å². The zero-order chi connectivity index (χ0) is 14.0. The van der Waals surface area contributed by atoms with Gasteiger partial charge in [-0.15, -0.1) is 0 Å². The lowest BCUT2D eigenvalue weighted by atomic mass is 10.4. The van der Waals surface area contributed by atoms with Crippen molar-refractivity contribution in [2.75, 3.05) is 20.1 Å². The van der Waals surface area contributed by atoms with E-state index < -0.39 is 10.0 Å². The largest absolute Gasteiger partial charge is 0.316 e. The third-order valence-corrected chi connectivity index (χ3v) is 6.10. The summed E-state index contributed by atoms with van der Waals surface area (Å²) < 4.78 is 26.9. The summed E-state index contributed by atoms with van der Waals surface area (Å²) in [7, 11) is -1.69. The van der Waals surface area contributed by atoms with Gasteiger partial charge in [-0.1, -0.05) is 13.8 Å². The van der Waals surface area contributed by atoms with E-state index in [1.807, 2.05) is 11.8 Å². The van der Waals surface area contributed by atoms with Crippen molar-refractivity contribution in [1.82, 2.24) is 19.8 Å². The molecule has 0 saturated carbocycles. The molecule has 0 bridgehead atoms. The molecule has 8 heteroatoms. The quantitative estimate of drug-likeness (QED) is 0.854. The molecule has 1 aromatic rings. The van der Waals surface area contributed by atoms with Gasteiger partial charge in [0.1, 0.15) is 0 Å². The minimum atomic E-state index is -3.48. The molecule has 2 N–H and O–H groups in total. The predicted molar refractivity (Wildman–Crippen MR) is 76.6 cm³/mol. The number of thioether (sulfide) groups is 1. The molecule has 1 aliphatic rings. The predicted octanol–water partition coefficient (Wildman–Crippen LogP) is 0.644. The Morgan fingerprint density at radius 3 is 2.68 bits per heavy atom. The van der Waals surface area contributed by atoms with Crippen molar-refractivity contribution in [2.24, 2.45) is 0 Å². The van der Waals surface area contributed by atoms with Gasteiger partial charge in [0.25, 0.3) is 10.0 Å². The summed E-state index contributed by atoms with van der Waals surface area (Å²) in [5.74, 6) is 0. The molecule has 2 rings (SSSR count). The third kappa shape index (κ3) is 3.13. The number of H-pyrrole nitrogens is 1. The fourth-order valence-electron chi connectivity index (χ4n) is 2.30. The number of rotatable bonds is 4. The molecule has 1 aromatic heterocycles. The summed E-state index contributed by atoms with van der Waals surface area (Å²) >= 11 is 1.83. The van der Waals surface area contributed by atoms with Crippen LogP contribution in [0.4, 0.5) is 0 Å². The molecule has 108 valence electrons. The number of sulfonamides is 1. The molecule has 0 aliphatic carbocycles. The van der Waals surface area contributed by atoms with Gasteiger partial charge in [0.05, 0.1) is 6.20 Å². The second-order valence-corrected chi connectivity index (χ2v) is 8.59. The highest BCUT2D eigenvalue weighted by Gasteiger charge is 2.34. The first-order valence-electron chi connectivity index (χ1n) is 6.27. The van der Waals surface area contributed by atoms with Crippen LogP contribution in [0.2, 0.25) is 0 Å². The van der Waals surface area contributed by atoms with Gasteiger partial charge in [0.2, 0.25) is 0 Å². The molecule has 0 spiro atoms. The van der Waals surface area contributed by atoms with Gasteiger partial charge in [0.15, 0.2) is 5.03 Å². The summed E-state index contributed by atoms with van der Waals surface area (Å²) in [5, 5.41) is 10.3. The van der Waals surface area contributed by atoms with Crippen molar-refractivity contribution >= 4 is 21.8 Å². The molecule has 6 nitrogen and oxygen atoms in total. The number of nitrogens with one attached hydrogen (secondary N) is 2. The Morgan fingerprint density at radius 2 is 2.11 bits per heavy atom. The molecule has 2 unspecified atom stereocenters. The number of hydrogen-bond donors (Lipinski definition) is 2. The molecular formula is C11H20N4O2S2. The normalized spacial score (nSPS) is 25.6. The summed E-state index contributed by atoms with van der Waals surface area (Å²) in [6.45, 7) is 5.71. The van der Waals surface area contributed by atoms with Crippen LogP contribution < -0.4 is 5.32 Å². The van der Waals surface area contributed by atoms with Crippen LogP contribution in [-0.2, 0) is 16.6 Å². The topological polar surface area (TPSA) is 78.1 Å². The standard InChI is InChI=1S/C11H20N4O2S2/c1-8-6-15(7-9(2)18-8)19(16,17)11-10(4-12-3)5-13-14-11/h5,8-9,12H,4,6-7H2,1-3H3,(H,13,14). The average Bonchev–Trinajstić information content (AvgIpc) is 2.77. The lowest BCUT2D eigenvalue weighted by molar-refractivity contribution is 0.402. The van der Waals surface area contributed by atoms with Crippen LogP contribution in [-0.4, -0.2) is 53.6 Å². The molecule has 0 aromatic carbocycles. The highest BCUT2D eigenvalue weighted by molar-refractivity contribution is 8.00. The fraction of sp³-hybridized carbons (Fsp3) is 0.727. The monoisotopic (exact) mass is 304 g/mol. The van der Waals surface area contributed by atoms with E-state index in [4.69, 9.17) is 0 Å². The van der Waals surface area contributed by atoms with Crippen molar-refractivity contribution in [1.29, 1.82) is 0 Å². The molecule has 19 heavy (non-hydrogen) atoms. The molecule has 2 heterocycles. The van der Waals surface area contributed by atoms with Gasteiger partial charge in [-0.25, -0.2) is 8.42 Å². The van der Waals surface area contributed by atoms with Crippen molar-refractivity contribution < 1.29 is 8.42 Å². The van der Waals surface area contributed by atoms with Crippen LogP contribution in [0.3, 0.4) is 0 Å². The zero-order valence-electron chi connectivity index (χ0n) is 11.4. The van der Waals surface area contributed by atoms with Crippen LogP contribution in [0.5, 0.6) is 0 Å². The fourth-order valence-corrected chi connectivity index (χ4v) is 5.53. The first-order valence-corrected chi connectivity index (χ1v) is 8.66. The van der Waals surface area contributed by atoms with E-state index >= 15 is 0 Å². The number of aromatic nitrogens is 2. The van der Waals surface area contributed by atoms with Crippen LogP contribution in [0, 0.1) is 0 Å². The average molecular weight is 304 g/mol. The van der Waals surface area contributed by atoms with Crippen LogP contribution in [0.15, 0.2) is 11.2 Å². The molecule has 0 amide bonds. The minimum absolute atomic E-state index is 0.216. The van der Waals surface area contributed by atoms with Gasteiger partial charge in [-0.2, -0.15) is 21.2 Å². The van der Waals surface area contributed by atoms with Gasteiger partial charge in [-0.3, -0.25) is 5.10 Å². The van der Waals surface area contributed by atoms with E-state index in [1.54, 1.807) is 17.5 Å². The minimum Gasteiger partial charge on any atom is -0.316 e. The number of aromatic amines is 1. The maximum Gasteiger partial charge on any atom is 0.260 e. The first-order chi connectivity index (χ1) is 8.95. The van der Waals surface area contributed by atoms with Crippen LogP contribution >= 0.6 is 11.8 Å². The highest BCUT2D eigenvalue weighted by Crippen LogP contribution is 2.29. The molecule has 1 saturated heterocycles. The van der Waals surface area contributed by atoms with Crippen molar-refractivity contribution in [3.05, 3.63) is 11.8 Å². The molecule has 1 aliphatic heterocycles. The Hall–Kier alpha value is -0.570. The highest BCUT2D eigenvalue weighted by atomic mass is 32.2. The van der Waals surface area contributed by atoms with E-state index in [0.717, 1.165) is 0 Å². The molecule has 0 radical (unpaired) electrons. The second kappa shape index (κ2) is 5.82. The number of nitrogens with zero attached hydrogens (tertiary/aromatic N) is 2. The zero-order valence-corrected chi connectivity index (χ0v) is 13.0. The van der Waals surface area contributed by atoms with Crippen molar-refractivity contribution in [2.45, 2.75) is 35.9 Å². The SMILES string of the molecule is CNCc1cn[nH]c1S(=O)(=O)N1CC(C)SC(C)C1.